The van der Waals surface area contributed by atoms with Crippen molar-refractivity contribution >= 4 is 27.5 Å². The highest BCUT2D eigenvalue weighted by Gasteiger charge is 2.24. The number of carbonyl (C=O) groups is 1. The normalized spacial score (nSPS) is 12.1. The largest absolute Gasteiger partial charge is 0.493 e. The lowest BCUT2D eigenvalue weighted by Crippen LogP contribution is -2.29. The number of aromatic amines is 1. The molecule has 20 nitrogen and oxygen atoms in total. The number of aryl methyl sites for hydroxylation is 1. The minimum atomic E-state index is -4.49. The third-order valence-corrected chi connectivity index (χ3v) is 8.34. The molecule has 21 heteroatoms. The highest BCUT2D eigenvalue weighted by Crippen LogP contribution is 2.29. The van der Waals surface area contributed by atoms with Crippen molar-refractivity contribution in [3.63, 3.8) is 0 Å². The molecule has 0 bridgehead atoms. The monoisotopic (exact) mass is 774 g/mol. The Hall–Kier alpha value is -6.78. The van der Waals surface area contributed by atoms with Crippen LogP contribution in [0.25, 0.3) is 17.2 Å². The van der Waals surface area contributed by atoms with Crippen LogP contribution >= 0.6 is 0 Å². The number of aromatic nitrogens is 6. The maximum absolute atomic E-state index is 13.4. The first-order chi connectivity index (χ1) is 26.4. The van der Waals surface area contributed by atoms with Crippen LogP contribution in [0.1, 0.15) is 27.0 Å². The fourth-order valence-electron chi connectivity index (χ4n) is 4.46. The molecule has 0 saturated heterocycles. The molecule has 0 amide bonds. The summed E-state index contributed by atoms with van der Waals surface area (Å²) >= 11 is 0. The maximum Gasteiger partial charge on any atom is 0.338 e. The van der Waals surface area contributed by atoms with Gasteiger partial charge in [0.25, 0.3) is 0 Å². The number of ether oxygens (including phenoxy) is 4. The zero-order valence-electron chi connectivity index (χ0n) is 29.2. The molecule has 286 valence electrons. The van der Waals surface area contributed by atoms with Gasteiger partial charge in [-0.25, -0.2) is 14.6 Å². The van der Waals surface area contributed by atoms with E-state index < -0.39 is 33.0 Å². The molecule has 3 aromatic heterocycles. The number of nitrogens with one attached hydrogen (secondary N) is 2. The predicted molar refractivity (Wildman–Crippen MR) is 191 cm³/mol. The summed E-state index contributed by atoms with van der Waals surface area (Å²) in [4.78, 5) is 25.6. The number of pyridine rings is 2. The Balaban J connectivity index is 1.48. The van der Waals surface area contributed by atoms with Crippen molar-refractivity contribution in [3.05, 3.63) is 126 Å². The summed E-state index contributed by atoms with van der Waals surface area (Å²) in [5.41, 5.74) is 8.83. The van der Waals surface area contributed by atoms with Gasteiger partial charge in [-0.05, 0) is 65.7 Å². The second-order valence-corrected chi connectivity index (χ2v) is 12.6. The molecule has 0 fully saturated rings. The van der Waals surface area contributed by atoms with Crippen molar-refractivity contribution in [2.45, 2.75) is 18.6 Å². The van der Waals surface area contributed by atoms with Gasteiger partial charge in [-0.2, -0.15) is 13.6 Å². The maximum atomic E-state index is 13.4. The lowest BCUT2D eigenvalue weighted by molar-refractivity contribution is -0.497. The first-order valence-corrected chi connectivity index (χ1v) is 17.3. The van der Waals surface area contributed by atoms with Gasteiger partial charge >= 0.3 is 16.0 Å². The standard InChI is InChI=1S/C34H34N10O10S/c1-21-8-13-29(37-19-21)55(48,49)41-31(35)30(54-28-7-5-4-6-27(28)50-3)33(38-22(2)25-14-15-36-26(18-25)32-39-42-43-40-32)51-16-17-52-34(45)24-11-9-23(10-12-24)20-53-44(46)47/h4-15,18-19,38,46-47H,2,16-17,20H2,1,3H3,(H2,35,41)(H,39,40,42,43). The van der Waals surface area contributed by atoms with Crippen LogP contribution in [0.5, 0.6) is 11.5 Å². The SMILES string of the molecule is C=C(NC(OCCOC(=O)c1ccc(CON(O)O)cc1)=C(Oc1ccccc1OC)C(N)=NS(=O)(=O)c1ccc(C)cn1)c1ccnc(-c2nn[nH]n2)c1. The summed E-state index contributed by atoms with van der Waals surface area (Å²) in [6.45, 7) is 5.04. The molecule has 55 heavy (non-hydrogen) atoms. The Morgan fingerprint density at radius 2 is 1.75 bits per heavy atom. The molecule has 0 aliphatic rings. The number of carbonyl (C=O) groups excluding carboxylic acids is 1. The third kappa shape index (κ3) is 10.9. The van der Waals surface area contributed by atoms with Crippen LogP contribution in [0.3, 0.4) is 0 Å². The molecule has 0 atom stereocenters. The molecule has 0 spiro atoms. The van der Waals surface area contributed by atoms with Gasteiger partial charge in [0.15, 0.2) is 22.4 Å². The number of nitrogens with two attached hydrogens (primary N) is 1. The Morgan fingerprint density at radius 3 is 2.42 bits per heavy atom. The van der Waals surface area contributed by atoms with Gasteiger partial charge in [-0.15, -0.1) is 14.6 Å². The average molecular weight is 775 g/mol. The number of sulfonamides is 1. The van der Waals surface area contributed by atoms with Crippen LogP contribution < -0.4 is 20.5 Å². The summed E-state index contributed by atoms with van der Waals surface area (Å²) in [7, 11) is -3.08. The fraction of sp³-hybridized carbons (Fsp3) is 0.147. The van der Waals surface area contributed by atoms with E-state index in [1.807, 2.05) is 0 Å². The quantitative estimate of drug-likeness (QED) is 0.0214. The number of benzene rings is 2. The zero-order valence-corrected chi connectivity index (χ0v) is 30.0. The van der Waals surface area contributed by atoms with E-state index in [1.165, 1.54) is 55.9 Å². The lowest BCUT2D eigenvalue weighted by Gasteiger charge is -2.20. The van der Waals surface area contributed by atoms with Crippen LogP contribution in [-0.4, -0.2) is 86.9 Å². The van der Waals surface area contributed by atoms with Crippen molar-refractivity contribution in [2.24, 2.45) is 10.1 Å². The summed E-state index contributed by atoms with van der Waals surface area (Å²) < 4.78 is 53.6. The molecule has 0 aliphatic carbocycles. The van der Waals surface area contributed by atoms with E-state index in [4.69, 9.17) is 35.1 Å². The van der Waals surface area contributed by atoms with Crippen molar-refractivity contribution in [1.29, 1.82) is 0 Å². The number of methoxy groups -OCH3 is 1. The van der Waals surface area contributed by atoms with E-state index in [2.05, 4.69) is 51.7 Å². The van der Waals surface area contributed by atoms with Gasteiger partial charge in [0.05, 0.1) is 24.7 Å². The van der Waals surface area contributed by atoms with E-state index in [9.17, 15) is 13.2 Å². The summed E-state index contributed by atoms with van der Waals surface area (Å²) in [5.74, 6) is -1.50. The Morgan fingerprint density at radius 1 is 1.00 bits per heavy atom. The van der Waals surface area contributed by atoms with Crippen molar-refractivity contribution in [3.8, 4) is 23.0 Å². The number of esters is 1. The second kappa shape index (κ2) is 18.3. The van der Waals surface area contributed by atoms with Gasteiger partial charge in [0.2, 0.25) is 17.5 Å². The molecule has 6 N–H and O–H groups in total. The highest BCUT2D eigenvalue weighted by molar-refractivity contribution is 7.90. The van der Waals surface area contributed by atoms with Crippen LogP contribution in [0.4, 0.5) is 0 Å². The number of tetrazole rings is 1. The number of nitrogens with zero attached hydrogens (tertiary/aromatic N) is 7. The molecule has 0 saturated carbocycles. The average Bonchev–Trinajstić information content (AvgIpc) is 3.73. The van der Waals surface area contributed by atoms with E-state index in [0.29, 0.717) is 16.8 Å². The van der Waals surface area contributed by atoms with E-state index >= 15 is 0 Å². The topological polar surface area (TPSA) is 272 Å². The summed E-state index contributed by atoms with van der Waals surface area (Å²) in [6, 6.07) is 18.5. The fourth-order valence-corrected chi connectivity index (χ4v) is 5.32. The Bertz CT molecular complexity index is 2270. The number of hydrogen-bond acceptors (Lipinski definition) is 17. The molecule has 5 rings (SSSR count). The van der Waals surface area contributed by atoms with Gasteiger partial charge in [0.1, 0.15) is 18.9 Å². The first-order valence-electron chi connectivity index (χ1n) is 15.9. The van der Waals surface area contributed by atoms with E-state index in [0.717, 1.165) is 5.56 Å². The second-order valence-electron chi connectivity index (χ2n) is 11.0. The highest BCUT2D eigenvalue weighted by atomic mass is 32.2. The van der Waals surface area contributed by atoms with Gasteiger partial charge in [0, 0.05) is 23.7 Å². The van der Waals surface area contributed by atoms with E-state index in [1.54, 1.807) is 43.3 Å². The van der Waals surface area contributed by atoms with Gasteiger partial charge in [-0.1, -0.05) is 36.9 Å². The smallest absolute Gasteiger partial charge is 0.338 e. The third-order valence-electron chi connectivity index (χ3n) is 7.13. The van der Waals surface area contributed by atoms with Crippen LogP contribution in [-0.2, 0) is 30.9 Å². The van der Waals surface area contributed by atoms with Crippen LogP contribution in [0.15, 0.2) is 113 Å². The molecule has 0 unspecified atom stereocenters. The Kier molecular flexibility index (Phi) is 13.1. The van der Waals surface area contributed by atoms with Crippen molar-refractivity contribution in [1.82, 2.24) is 41.3 Å². The minimum absolute atomic E-state index is 0.104. The van der Waals surface area contributed by atoms with Crippen molar-refractivity contribution < 1.29 is 47.4 Å². The number of para-hydroxylation sites is 2. The number of amidine groups is 1. The molecule has 2 aromatic carbocycles. The lowest BCUT2D eigenvalue weighted by atomic mass is 10.1. The van der Waals surface area contributed by atoms with Crippen LogP contribution in [0.2, 0.25) is 0 Å². The summed E-state index contributed by atoms with van der Waals surface area (Å²) in [6.07, 6.45) is 2.84. The first kappa shape index (κ1) is 39.4. The number of rotatable bonds is 18. The number of H-pyrrole nitrogens is 1. The molecule has 0 aliphatic heterocycles. The summed E-state index contributed by atoms with van der Waals surface area (Å²) in [5, 5.41) is 33.4. The molecule has 5 aromatic rings. The Labute approximate surface area is 313 Å². The van der Waals surface area contributed by atoms with Crippen LogP contribution in [0, 0.1) is 6.92 Å². The molecular formula is C34H34N10O10S. The van der Waals surface area contributed by atoms with E-state index in [-0.39, 0.29) is 59.3 Å². The molecular weight excluding hydrogens is 741 g/mol. The molecule has 3 heterocycles. The van der Waals surface area contributed by atoms with Gasteiger partial charge in [-0.3, -0.25) is 15.4 Å². The number of hydrogen-bond donors (Lipinski definition) is 5. The molecule has 0 radical (unpaired) electrons. The van der Waals surface area contributed by atoms with Crippen molar-refractivity contribution in [2.75, 3.05) is 20.3 Å². The zero-order chi connectivity index (χ0) is 39.4. The predicted octanol–water partition coefficient (Wildman–Crippen LogP) is 2.91. The minimum Gasteiger partial charge on any atom is -0.493 e. The van der Waals surface area contributed by atoms with Gasteiger partial charge < -0.3 is 30.0 Å².